The van der Waals surface area contributed by atoms with Gasteiger partial charge in [0, 0.05) is 33.8 Å². The van der Waals surface area contributed by atoms with E-state index in [1.807, 2.05) is 0 Å². The number of rotatable bonds is 10. The van der Waals surface area contributed by atoms with Gasteiger partial charge < -0.3 is 4.90 Å². The topological polar surface area (TPSA) is 21.1 Å². The number of para-hydroxylation sites is 2. The third-order valence-electron chi connectivity index (χ3n) is 11.1. The molecule has 0 bridgehead atoms. The van der Waals surface area contributed by atoms with Crippen LogP contribution in [0.1, 0.15) is 0 Å². The number of hydrogen-bond donors (Lipinski definition) is 0. The fourth-order valence-corrected chi connectivity index (χ4v) is 8.26. The highest BCUT2D eigenvalue weighted by Crippen LogP contribution is 2.43. The van der Waals surface area contributed by atoms with Gasteiger partial charge in [0.15, 0.2) is 0 Å². The molecule has 284 valence electrons. The molecule has 1 heterocycles. The average molecular weight is 768 g/mol. The van der Waals surface area contributed by atoms with Crippen LogP contribution in [0.2, 0.25) is 0 Å². The fraction of sp³-hybridized carbons (Fsp3) is 0. The van der Waals surface area contributed by atoms with Gasteiger partial charge in [0.25, 0.3) is 0 Å². The molecule has 0 amide bonds. The zero-order valence-electron chi connectivity index (χ0n) is 33.0. The molecule has 0 aliphatic carbocycles. The number of benzene rings is 9. The minimum Gasteiger partial charge on any atom is -0.311 e. The maximum Gasteiger partial charge on any atom is 0.101 e. The van der Waals surface area contributed by atoms with Crippen molar-refractivity contribution in [2.45, 2.75) is 0 Å². The summed E-state index contributed by atoms with van der Waals surface area (Å²) in [5.74, 6) is 0. The van der Waals surface area contributed by atoms with E-state index in [1.165, 1.54) is 22.3 Å². The van der Waals surface area contributed by atoms with E-state index >= 15 is 0 Å². The van der Waals surface area contributed by atoms with E-state index in [2.05, 4.69) is 258 Å². The predicted octanol–water partition coefficient (Wildman–Crippen LogP) is 15.3. The van der Waals surface area contributed by atoms with E-state index in [0.717, 1.165) is 67.5 Å². The Morgan fingerprint density at radius 1 is 0.283 bits per heavy atom. The lowest BCUT2D eigenvalue weighted by Gasteiger charge is -2.25. The van der Waals surface area contributed by atoms with Gasteiger partial charge in [-0.3, -0.25) is 0 Å². The van der Waals surface area contributed by atoms with Crippen LogP contribution in [0.25, 0.3) is 72.7 Å². The van der Waals surface area contributed by atoms with Gasteiger partial charge in [-0.05, 0) is 87.5 Å². The van der Waals surface area contributed by atoms with Crippen molar-refractivity contribution in [3.05, 3.63) is 249 Å². The largest absolute Gasteiger partial charge is 0.311 e. The van der Waals surface area contributed by atoms with Crippen molar-refractivity contribution in [1.82, 2.24) is 9.78 Å². The molecule has 0 aliphatic rings. The monoisotopic (exact) mass is 767 g/mol. The average Bonchev–Trinajstić information content (AvgIpc) is 3.74. The standard InChI is InChI=1S/C57H41N3/c1-6-20-44(21-7-1)55-56(45-22-8-2-9-23-45)58-60(57(55)46-24-10-3-11-25-46)50-40-36-43(37-41-50)52-31-17-19-33-54(52)53-32-18-16-30-51(53)42-34-38-49(39-35-42)59(47-26-12-4-13-27-47)48-28-14-5-15-29-48/h1-41H. The highest BCUT2D eigenvalue weighted by Gasteiger charge is 2.23. The van der Waals surface area contributed by atoms with Crippen LogP contribution in [0.4, 0.5) is 17.1 Å². The number of nitrogens with zero attached hydrogens (tertiary/aromatic N) is 3. The maximum absolute atomic E-state index is 5.38. The van der Waals surface area contributed by atoms with Crippen LogP contribution < -0.4 is 4.90 Å². The predicted molar refractivity (Wildman–Crippen MR) is 251 cm³/mol. The summed E-state index contributed by atoms with van der Waals surface area (Å²) in [6, 6.07) is 88.1. The maximum atomic E-state index is 5.38. The van der Waals surface area contributed by atoms with Crippen molar-refractivity contribution >= 4 is 17.1 Å². The molecule has 10 rings (SSSR count). The molecule has 3 heteroatoms. The van der Waals surface area contributed by atoms with Crippen LogP contribution in [0.15, 0.2) is 249 Å². The second-order valence-electron chi connectivity index (χ2n) is 14.8. The van der Waals surface area contributed by atoms with Gasteiger partial charge in [0.05, 0.1) is 11.4 Å². The van der Waals surface area contributed by atoms with Gasteiger partial charge in [-0.2, -0.15) is 5.10 Å². The molecule has 3 nitrogen and oxygen atoms in total. The van der Waals surface area contributed by atoms with Gasteiger partial charge in [-0.25, -0.2) is 4.68 Å². The summed E-state index contributed by atoms with van der Waals surface area (Å²) in [6.07, 6.45) is 0. The van der Waals surface area contributed by atoms with Gasteiger partial charge >= 0.3 is 0 Å². The Bertz CT molecular complexity index is 2940. The first-order valence-corrected chi connectivity index (χ1v) is 20.4. The highest BCUT2D eigenvalue weighted by molar-refractivity contribution is 5.94. The lowest BCUT2D eigenvalue weighted by atomic mass is 9.89. The Morgan fingerprint density at radius 2 is 0.650 bits per heavy atom. The summed E-state index contributed by atoms with van der Waals surface area (Å²) in [4.78, 5) is 2.30. The Balaban J connectivity index is 1.04. The Morgan fingerprint density at radius 3 is 1.13 bits per heavy atom. The Hall–Kier alpha value is -8.01. The van der Waals surface area contributed by atoms with Crippen LogP contribution in [-0.4, -0.2) is 9.78 Å². The highest BCUT2D eigenvalue weighted by atomic mass is 15.3. The zero-order chi connectivity index (χ0) is 40.1. The second-order valence-corrected chi connectivity index (χ2v) is 14.8. The second kappa shape index (κ2) is 16.5. The van der Waals surface area contributed by atoms with Crippen molar-refractivity contribution in [2.24, 2.45) is 0 Å². The summed E-state index contributed by atoms with van der Waals surface area (Å²) >= 11 is 0. The van der Waals surface area contributed by atoms with Crippen molar-refractivity contribution < 1.29 is 0 Å². The van der Waals surface area contributed by atoms with Crippen molar-refractivity contribution in [3.8, 4) is 72.7 Å². The van der Waals surface area contributed by atoms with Gasteiger partial charge in [-0.1, -0.05) is 200 Å². The molecule has 0 saturated heterocycles. The lowest BCUT2D eigenvalue weighted by Crippen LogP contribution is -2.09. The zero-order valence-corrected chi connectivity index (χ0v) is 33.0. The number of aromatic nitrogens is 2. The molecule has 0 N–H and O–H groups in total. The van der Waals surface area contributed by atoms with Gasteiger partial charge in [0.2, 0.25) is 0 Å². The summed E-state index contributed by atoms with van der Waals surface area (Å²) in [5.41, 5.74) is 17.8. The first-order chi connectivity index (χ1) is 29.8. The molecule has 0 radical (unpaired) electrons. The quantitative estimate of drug-likeness (QED) is 0.138. The molecule has 9 aromatic carbocycles. The van der Waals surface area contributed by atoms with Crippen LogP contribution in [0.5, 0.6) is 0 Å². The molecule has 0 spiro atoms. The van der Waals surface area contributed by atoms with Crippen molar-refractivity contribution in [2.75, 3.05) is 4.90 Å². The van der Waals surface area contributed by atoms with Gasteiger partial charge in [-0.15, -0.1) is 0 Å². The van der Waals surface area contributed by atoms with Crippen LogP contribution in [-0.2, 0) is 0 Å². The molecular formula is C57H41N3. The number of anilines is 3. The minimum atomic E-state index is 0.951. The van der Waals surface area contributed by atoms with Crippen LogP contribution in [0, 0.1) is 0 Å². The molecule has 10 aromatic rings. The fourth-order valence-electron chi connectivity index (χ4n) is 8.26. The third kappa shape index (κ3) is 7.10. The summed E-state index contributed by atoms with van der Waals surface area (Å²) in [7, 11) is 0. The molecule has 0 aliphatic heterocycles. The summed E-state index contributed by atoms with van der Waals surface area (Å²) in [5, 5.41) is 5.38. The molecule has 1 aromatic heterocycles. The molecule has 60 heavy (non-hydrogen) atoms. The molecular weight excluding hydrogens is 727 g/mol. The lowest BCUT2D eigenvalue weighted by molar-refractivity contribution is 0.892. The van der Waals surface area contributed by atoms with E-state index in [4.69, 9.17) is 5.10 Å². The SMILES string of the molecule is c1ccc(-c2nn(-c3ccc(-c4ccccc4-c4ccccc4-c4ccc(N(c5ccccc5)c5ccccc5)cc4)cc3)c(-c3ccccc3)c2-c2ccccc2)cc1. The Labute approximate surface area is 351 Å². The summed E-state index contributed by atoms with van der Waals surface area (Å²) < 4.78 is 2.12. The molecule has 0 fully saturated rings. The Kier molecular flexibility index (Phi) is 9.97. The molecule has 0 atom stereocenters. The van der Waals surface area contributed by atoms with E-state index < -0.39 is 0 Å². The minimum absolute atomic E-state index is 0.951. The van der Waals surface area contributed by atoms with Crippen molar-refractivity contribution in [1.29, 1.82) is 0 Å². The summed E-state index contributed by atoms with van der Waals surface area (Å²) in [6.45, 7) is 0. The first-order valence-electron chi connectivity index (χ1n) is 20.4. The molecule has 0 unspecified atom stereocenters. The smallest absolute Gasteiger partial charge is 0.101 e. The van der Waals surface area contributed by atoms with Crippen LogP contribution in [0.3, 0.4) is 0 Å². The normalized spacial score (nSPS) is 11.0. The third-order valence-corrected chi connectivity index (χ3v) is 11.1. The van der Waals surface area contributed by atoms with E-state index in [-0.39, 0.29) is 0 Å². The van der Waals surface area contributed by atoms with Crippen molar-refractivity contribution in [3.63, 3.8) is 0 Å². The van der Waals surface area contributed by atoms with Gasteiger partial charge in [0.1, 0.15) is 5.69 Å². The molecule has 0 saturated carbocycles. The van der Waals surface area contributed by atoms with E-state index in [1.54, 1.807) is 0 Å². The van der Waals surface area contributed by atoms with E-state index in [9.17, 15) is 0 Å². The van der Waals surface area contributed by atoms with E-state index in [0.29, 0.717) is 0 Å². The van der Waals surface area contributed by atoms with Crippen LogP contribution >= 0.6 is 0 Å². The number of hydrogen-bond acceptors (Lipinski definition) is 2. The first kappa shape index (κ1) is 36.3.